The minimum atomic E-state index is -0.252. The lowest BCUT2D eigenvalue weighted by molar-refractivity contribution is 0.101. The summed E-state index contributed by atoms with van der Waals surface area (Å²) in [4.78, 5) is 12.1. The number of aryl methyl sites for hydroxylation is 1. The van der Waals surface area contributed by atoms with Gasteiger partial charge in [0.25, 0.3) is 5.91 Å². The van der Waals surface area contributed by atoms with Crippen LogP contribution in [0.4, 0.5) is 5.69 Å². The van der Waals surface area contributed by atoms with Gasteiger partial charge >= 0.3 is 0 Å². The summed E-state index contributed by atoms with van der Waals surface area (Å²) >= 11 is 5.91. The lowest BCUT2D eigenvalue weighted by atomic mass is 10.1. The highest BCUT2D eigenvalue weighted by Crippen LogP contribution is 2.20. The second kappa shape index (κ2) is 6.29. The highest BCUT2D eigenvalue weighted by Gasteiger charge is 2.11. The van der Waals surface area contributed by atoms with Gasteiger partial charge in [0, 0.05) is 23.8 Å². The van der Waals surface area contributed by atoms with Crippen molar-refractivity contribution < 1.29 is 9.90 Å². The molecule has 0 bridgehead atoms. The van der Waals surface area contributed by atoms with Crippen LogP contribution in [0.3, 0.4) is 0 Å². The van der Waals surface area contributed by atoms with Crippen LogP contribution in [-0.4, -0.2) is 22.2 Å². The summed E-state index contributed by atoms with van der Waals surface area (Å²) in [5.74, 6) is 5.08. The van der Waals surface area contributed by atoms with Crippen LogP contribution in [0.1, 0.15) is 16.1 Å². The van der Waals surface area contributed by atoms with Gasteiger partial charge in [0.15, 0.2) is 0 Å². The van der Waals surface area contributed by atoms with Gasteiger partial charge in [-0.15, -0.1) is 0 Å². The fourth-order valence-corrected chi connectivity index (χ4v) is 1.92. The third kappa shape index (κ3) is 3.21. The summed E-state index contributed by atoms with van der Waals surface area (Å²) < 4.78 is 1.73. The Morgan fingerprint density at radius 2 is 2.25 bits per heavy atom. The molecule has 0 saturated heterocycles. The molecule has 20 heavy (non-hydrogen) atoms. The molecule has 1 amide bonds. The molecule has 1 aromatic heterocycles. The minimum Gasteiger partial charge on any atom is -0.384 e. The molecule has 2 aromatic rings. The first-order valence-electron chi connectivity index (χ1n) is 5.94. The molecule has 5 heteroatoms. The maximum absolute atomic E-state index is 12.1. The Labute approximate surface area is 122 Å². The van der Waals surface area contributed by atoms with Crippen molar-refractivity contribution in [2.24, 2.45) is 7.05 Å². The molecule has 0 radical (unpaired) electrons. The lowest BCUT2D eigenvalue weighted by Crippen LogP contribution is -2.16. The molecule has 4 nitrogen and oxygen atoms in total. The second-order valence-electron chi connectivity index (χ2n) is 4.11. The number of nitrogens with one attached hydrogen (secondary N) is 1. The first-order chi connectivity index (χ1) is 9.61. The summed E-state index contributed by atoms with van der Waals surface area (Å²) in [5.41, 5.74) is 1.66. The van der Waals surface area contributed by atoms with E-state index in [9.17, 15) is 4.79 Å². The van der Waals surface area contributed by atoms with Crippen molar-refractivity contribution >= 4 is 23.2 Å². The average Bonchev–Trinajstić information content (AvgIpc) is 2.85. The van der Waals surface area contributed by atoms with Crippen molar-refractivity contribution in [1.82, 2.24) is 4.57 Å². The summed E-state index contributed by atoms with van der Waals surface area (Å²) in [5, 5.41) is 12.1. The standard InChI is InChI=1S/C15H13ClN2O2/c1-18-8-2-5-14(18)15(20)17-13-7-6-12(16)10-11(13)4-3-9-19/h2,5-8,10,19H,9H2,1H3,(H,17,20). The summed E-state index contributed by atoms with van der Waals surface area (Å²) in [6.45, 7) is -0.252. The number of aliphatic hydroxyl groups excluding tert-OH is 1. The van der Waals surface area contributed by atoms with Gasteiger partial charge in [0.2, 0.25) is 0 Å². The number of benzene rings is 1. The van der Waals surface area contributed by atoms with Crippen molar-refractivity contribution in [2.45, 2.75) is 0 Å². The van der Waals surface area contributed by atoms with E-state index < -0.39 is 0 Å². The molecule has 0 atom stereocenters. The largest absolute Gasteiger partial charge is 0.384 e. The zero-order chi connectivity index (χ0) is 14.5. The number of carbonyl (C=O) groups excluding carboxylic acids is 1. The van der Waals surface area contributed by atoms with E-state index in [0.717, 1.165) is 0 Å². The number of halogens is 1. The topological polar surface area (TPSA) is 54.3 Å². The van der Waals surface area contributed by atoms with E-state index in [1.54, 1.807) is 48.1 Å². The quantitative estimate of drug-likeness (QED) is 0.833. The number of hydrogen-bond donors (Lipinski definition) is 2. The summed E-state index contributed by atoms with van der Waals surface area (Å²) in [6.07, 6.45) is 1.79. The number of aromatic nitrogens is 1. The van der Waals surface area contributed by atoms with Crippen LogP contribution in [0, 0.1) is 11.8 Å². The van der Waals surface area contributed by atoms with E-state index in [-0.39, 0.29) is 12.5 Å². The van der Waals surface area contributed by atoms with Gasteiger partial charge in [-0.25, -0.2) is 0 Å². The Morgan fingerprint density at radius 3 is 2.90 bits per heavy atom. The summed E-state index contributed by atoms with van der Waals surface area (Å²) in [7, 11) is 1.79. The molecule has 102 valence electrons. The van der Waals surface area contributed by atoms with E-state index in [2.05, 4.69) is 17.2 Å². The zero-order valence-corrected chi connectivity index (χ0v) is 11.6. The third-order valence-electron chi connectivity index (χ3n) is 2.71. The van der Waals surface area contributed by atoms with Crippen molar-refractivity contribution in [2.75, 3.05) is 11.9 Å². The predicted molar refractivity (Wildman–Crippen MR) is 78.8 cm³/mol. The summed E-state index contributed by atoms with van der Waals surface area (Å²) in [6, 6.07) is 8.52. The minimum absolute atomic E-state index is 0.230. The Balaban J connectivity index is 2.29. The molecule has 0 spiro atoms. The molecule has 0 saturated carbocycles. The number of hydrogen-bond acceptors (Lipinski definition) is 2. The number of rotatable bonds is 2. The van der Waals surface area contributed by atoms with Gasteiger partial charge in [-0.05, 0) is 30.3 Å². The van der Waals surface area contributed by atoms with Gasteiger partial charge in [0.1, 0.15) is 12.3 Å². The molecule has 0 fully saturated rings. The Hall–Kier alpha value is -2.22. The van der Waals surface area contributed by atoms with Gasteiger partial charge in [-0.1, -0.05) is 23.4 Å². The molecular weight excluding hydrogens is 276 g/mol. The molecule has 2 N–H and O–H groups in total. The smallest absolute Gasteiger partial charge is 0.272 e. The predicted octanol–water partition coefficient (Wildman–Crippen LogP) is 2.27. The van der Waals surface area contributed by atoms with Crippen molar-refractivity contribution in [3.63, 3.8) is 0 Å². The van der Waals surface area contributed by atoms with E-state index >= 15 is 0 Å². The SMILES string of the molecule is Cn1cccc1C(=O)Nc1ccc(Cl)cc1C#CCO. The molecule has 2 rings (SSSR count). The van der Waals surface area contributed by atoms with E-state index in [0.29, 0.717) is 22.0 Å². The maximum Gasteiger partial charge on any atom is 0.272 e. The highest BCUT2D eigenvalue weighted by atomic mass is 35.5. The lowest BCUT2D eigenvalue weighted by Gasteiger charge is -2.08. The molecule has 0 aliphatic heterocycles. The first-order valence-corrected chi connectivity index (χ1v) is 6.31. The average molecular weight is 289 g/mol. The van der Waals surface area contributed by atoms with Crippen LogP contribution in [0.5, 0.6) is 0 Å². The molecule has 0 aliphatic carbocycles. The number of carbonyl (C=O) groups is 1. The van der Waals surface area contributed by atoms with Crippen LogP contribution in [0.25, 0.3) is 0 Å². The van der Waals surface area contributed by atoms with Crippen molar-refractivity contribution in [3.8, 4) is 11.8 Å². The van der Waals surface area contributed by atoms with Crippen LogP contribution < -0.4 is 5.32 Å². The van der Waals surface area contributed by atoms with E-state index in [4.69, 9.17) is 16.7 Å². The maximum atomic E-state index is 12.1. The van der Waals surface area contributed by atoms with Gasteiger partial charge in [0.05, 0.1) is 5.69 Å². The first kappa shape index (κ1) is 14.2. The number of amides is 1. The van der Waals surface area contributed by atoms with Crippen LogP contribution in [-0.2, 0) is 7.05 Å². The highest BCUT2D eigenvalue weighted by molar-refractivity contribution is 6.30. The van der Waals surface area contributed by atoms with Crippen molar-refractivity contribution in [3.05, 3.63) is 52.8 Å². The second-order valence-corrected chi connectivity index (χ2v) is 4.54. The normalized spacial score (nSPS) is 9.75. The fourth-order valence-electron chi connectivity index (χ4n) is 1.75. The van der Waals surface area contributed by atoms with Crippen LogP contribution >= 0.6 is 11.6 Å². The Bertz CT molecular complexity index is 695. The van der Waals surface area contributed by atoms with Crippen LogP contribution in [0.2, 0.25) is 5.02 Å². The molecule has 0 unspecified atom stereocenters. The number of aliphatic hydroxyl groups is 1. The van der Waals surface area contributed by atoms with Crippen molar-refractivity contribution in [1.29, 1.82) is 0 Å². The molecular formula is C15H13ClN2O2. The van der Waals surface area contributed by atoms with Gasteiger partial charge in [-0.3, -0.25) is 4.79 Å². The van der Waals surface area contributed by atoms with E-state index in [1.165, 1.54) is 0 Å². The van der Waals surface area contributed by atoms with Crippen LogP contribution in [0.15, 0.2) is 36.5 Å². The third-order valence-corrected chi connectivity index (χ3v) is 2.94. The van der Waals surface area contributed by atoms with Gasteiger partial charge in [-0.2, -0.15) is 0 Å². The zero-order valence-electron chi connectivity index (χ0n) is 10.9. The number of anilines is 1. The fraction of sp³-hybridized carbons (Fsp3) is 0.133. The molecule has 1 aromatic carbocycles. The Kier molecular flexibility index (Phi) is 4.46. The Morgan fingerprint density at radius 1 is 1.45 bits per heavy atom. The number of nitrogens with zero attached hydrogens (tertiary/aromatic N) is 1. The monoisotopic (exact) mass is 288 g/mol. The van der Waals surface area contributed by atoms with Gasteiger partial charge < -0.3 is 15.0 Å². The molecule has 1 heterocycles. The molecule has 0 aliphatic rings. The van der Waals surface area contributed by atoms with E-state index in [1.807, 2.05) is 0 Å².